The predicted molar refractivity (Wildman–Crippen MR) is 33.4 cm³/mol. The van der Waals surface area contributed by atoms with E-state index in [1.165, 1.54) is 0 Å². The van der Waals surface area contributed by atoms with E-state index in [-0.39, 0.29) is 0 Å². The summed E-state index contributed by atoms with van der Waals surface area (Å²) in [7, 11) is 1.76. The van der Waals surface area contributed by atoms with E-state index in [1.807, 2.05) is 0 Å². The molecule has 0 aliphatic rings. The monoisotopic (exact) mass is 165 g/mol. The molecule has 0 atom stereocenters. The van der Waals surface area contributed by atoms with Crippen molar-refractivity contribution in [2.75, 3.05) is 7.05 Å². The Morgan fingerprint density at radius 3 is 2.57 bits per heavy atom. The molecule has 0 rings (SSSR count). The molecule has 0 unspecified atom stereocenters. The fourth-order valence-corrected chi connectivity index (χ4v) is 0.256. The van der Waals surface area contributed by atoms with Gasteiger partial charge in [0.2, 0.25) is 0 Å². The highest BCUT2D eigenvalue weighted by Gasteiger charge is 1.71. The maximum Gasteiger partial charge on any atom is 0.0927 e. The first-order valence-corrected chi connectivity index (χ1v) is 2.60. The summed E-state index contributed by atoms with van der Waals surface area (Å²) in [5.74, 6) is 0. The first kappa shape index (κ1) is 6.78. The molecule has 42 valence electrons. The minimum atomic E-state index is 0.571. The van der Waals surface area contributed by atoms with Crippen molar-refractivity contribution in [3.63, 3.8) is 0 Å². The van der Waals surface area contributed by atoms with Crippen molar-refractivity contribution in [3.8, 4) is 0 Å². The highest BCUT2D eigenvalue weighted by Crippen LogP contribution is 1.88. The van der Waals surface area contributed by atoms with Gasteiger partial charge in [0.15, 0.2) is 0 Å². The fourth-order valence-electron chi connectivity index (χ4n) is 0.141. The minimum Gasteiger partial charge on any atom is -0.392 e. The van der Waals surface area contributed by atoms with Crippen molar-refractivity contribution in [2.24, 2.45) is 5.73 Å². The van der Waals surface area contributed by atoms with E-state index in [4.69, 9.17) is 5.73 Å². The summed E-state index contributed by atoms with van der Waals surface area (Å²) in [6.45, 7) is 0. The minimum absolute atomic E-state index is 0.571. The third kappa shape index (κ3) is 5.78. The van der Waals surface area contributed by atoms with Crippen molar-refractivity contribution in [1.82, 2.24) is 10.9 Å². The van der Waals surface area contributed by atoms with Gasteiger partial charge in [0.25, 0.3) is 0 Å². The summed E-state index contributed by atoms with van der Waals surface area (Å²) in [6.07, 6.45) is 1.60. The molecule has 0 spiro atoms. The van der Waals surface area contributed by atoms with Gasteiger partial charge in [-0.1, -0.05) is 0 Å². The zero-order chi connectivity index (χ0) is 5.70. The lowest BCUT2D eigenvalue weighted by Gasteiger charge is -1.92. The molecule has 7 heavy (non-hydrogen) atoms. The van der Waals surface area contributed by atoms with Crippen LogP contribution in [0.25, 0.3) is 0 Å². The molecule has 4 heteroatoms. The van der Waals surface area contributed by atoms with E-state index in [0.717, 1.165) is 0 Å². The quantitative estimate of drug-likeness (QED) is 0.395. The maximum atomic E-state index is 5.15. The number of nitrogens with two attached hydrogens (primary N) is 1. The Morgan fingerprint density at radius 1 is 1.86 bits per heavy atom. The Kier molecular flexibility index (Phi) is 3.83. The van der Waals surface area contributed by atoms with Gasteiger partial charge in [0.05, 0.1) is 4.61 Å². The average Bonchev–Trinajstić information content (AvgIpc) is 1.61. The van der Waals surface area contributed by atoms with Crippen LogP contribution in [0.2, 0.25) is 0 Å². The van der Waals surface area contributed by atoms with Gasteiger partial charge in [-0.15, -0.1) is 0 Å². The topological polar surface area (TPSA) is 50.1 Å². The number of hydrogen-bond acceptors (Lipinski definition) is 3. The van der Waals surface area contributed by atoms with Crippen LogP contribution < -0.4 is 16.6 Å². The van der Waals surface area contributed by atoms with Gasteiger partial charge in [-0.2, -0.15) is 0 Å². The molecule has 0 aromatic carbocycles. The SMILES string of the molecule is CNN/C=C(/N)Br. The van der Waals surface area contributed by atoms with Crippen LogP contribution in [0.4, 0.5) is 0 Å². The third-order valence-corrected chi connectivity index (χ3v) is 0.583. The van der Waals surface area contributed by atoms with E-state index in [1.54, 1.807) is 13.2 Å². The first-order valence-electron chi connectivity index (χ1n) is 1.81. The summed E-state index contributed by atoms with van der Waals surface area (Å²) >= 11 is 3.01. The molecule has 0 aromatic heterocycles. The standard InChI is InChI=1S/C3H8BrN3/c1-6-7-2-3(4)5/h2,6-7H,5H2,1H3/b3-2+. The van der Waals surface area contributed by atoms with Crippen LogP contribution in [0.3, 0.4) is 0 Å². The number of hydrogen-bond donors (Lipinski definition) is 3. The number of hydrazine groups is 1. The lowest BCUT2D eigenvalue weighted by Crippen LogP contribution is -2.21. The molecule has 0 amide bonds. The van der Waals surface area contributed by atoms with Crippen LogP contribution in [-0.2, 0) is 0 Å². The zero-order valence-electron chi connectivity index (χ0n) is 4.03. The molecular weight excluding hydrogens is 158 g/mol. The van der Waals surface area contributed by atoms with Crippen LogP contribution in [-0.4, -0.2) is 7.05 Å². The van der Waals surface area contributed by atoms with Gasteiger partial charge in [0.1, 0.15) is 0 Å². The van der Waals surface area contributed by atoms with Gasteiger partial charge >= 0.3 is 0 Å². The first-order chi connectivity index (χ1) is 3.27. The van der Waals surface area contributed by atoms with Crippen LogP contribution >= 0.6 is 15.9 Å². The lowest BCUT2D eigenvalue weighted by atomic mass is 10.9. The highest BCUT2D eigenvalue weighted by molar-refractivity contribution is 9.11. The summed E-state index contributed by atoms with van der Waals surface area (Å²) in [5, 5.41) is 0. The molecule has 3 nitrogen and oxygen atoms in total. The molecule has 4 N–H and O–H groups in total. The summed E-state index contributed by atoms with van der Waals surface area (Å²) in [4.78, 5) is 0. The molecule has 0 aliphatic heterocycles. The number of rotatable bonds is 2. The Labute approximate surface area is 51.1 Å². The highest BCUT2D eigenvalue weighted by atomic mass is 79.9. The van der Waals surface area contributed by atoms with Gasteiger partial charge in [-0.25, -0.2) is 5.43 Å². The Morgan fingerprint density at radius 2 is 2.43 bits per heavy atom. The van der Waals surface area contributed by atoms with Crippen LogP contribution in [0.1, 0.15) is 0 Å². The van der Waals surface area contributed by atoms with E-state index in [9.17, 15) is 0 Å². The van der Waals surface area contributed by atoms with Crippen molar-refractivity contribution in [1.29, 1.82) is 0 Å². The van der Waals surface area contributed by atoms with Crippen LogP contribution in [0.5, 0.6) is 0 Å². The molecule has 0 bridgehead atoms. The molecule has 0 fully saturated rings. The summed E-state index contributed by atoms with van der Waals surface area (Å²) in [6, 6.07) is 0. The second-order valence-corrected chi connectivity index (χ2v) is 1.84. The average molecular weight is 166 g/mol. The Bertz CT molecular complexity index is 66.6. The third-order valence-electron chi connectivity index (χ3n) is 0.354. The molecule has 0 saturated heterocycles. The zero-order valence-corrected chi connectivity index (χ0v) is 5.62. The second kappa shape index (κ2) is 3.95. The predicted octanol–water partition coefficient (Wildman–Crippen LogP) is -0.137. The largest absolute Gasteiger partial charge is 0.392 e. The van der Waals surface area contributed by atoms with Gasteiger partial charge in [-0.3, -0.25) is 0 Å². The second-order valence-electron chi connectivity index (χ2n) is 0.924. The number of nitrogens with one attached hydrogen (secondary N) is 2. The van der Waals surface area contributed by atoms with Crippen molar-refractivity contribution >= 4 is 15.9 Å². The molecule has 0 aromatic rings. The normalized spacial score (nSPS) is 11.4. The molecule has 0 radical (unpaired) electrons. The van der Waals surface area contributed by atoms with E-state index < -0.39 is 0 Å². The van der Waals surface area contributed by atoms with Crippen molar-refractivity contribution < 1.29 is 0 Å². The number of halogens is 1. The summed E-state index contributed by atoms with van der Waals surface area (Å²) < 4.78 is 0.571. The van der Waals surface area contributed by atoms with E-state index in [2.05, 4.69) is 26.8 Å². The Balaban J connectivity index is 3.08. The van der Waals surface area contributed by atoms with Crippen LogP contribution in [0.15, 0.2) is 10.8 Å². The van der Waals surface area contributed by atoms with E-state index in [0.29, 0.717) is 4.61 Å². The maximum absolute atomic E-state index is 5.15. The Hall–Kier alpha value is -0.220. The molecule has 0 aliphatic carbocycles. The smallest absolute Gasteiger partial charge is 0.0927 e. The van der Waals surface area contributed by atoms with Gasteiger partial charge < -0.3 is 11.2 Å². The van der Waals surface area contributed by atoms with Crippen molar-refractivity contribution in [2.45, 2.75) is 0 Å². The van der Waals surface area contributed by atoms with Gasteiger partial charge in [-0.05, 0) is 15.9 Å². The van der Waals surface area contributed by atoms with Gasteiger partial charge in [0, 0.05) is 13.2 Å². The lowest BCUT2D eigenvalue weighted by molar-refractivity contribution is 0.728. The van der Waals surface area contributed by atoms with Crippen molar-refractivity contribution in [3.05, 3.63) is 10.8 Å². The molecule has 0 heterocycles. The summed E-state index contributed by atoms with van der Waals surface area (Å²) in [5.41, 5.74) is 10.5. The van der Waals surface area contributed by atoms with Crippen LogP contribution in [0, 0.1) is 0 Å². The van der Waals surface area contributed by atoms with E-state index >= 15 is 0 Å². The molecule has 0 saturated carbocycles. The molecular formula is C3H8BrN3. The fraction of sp³-hybridized carbons (Fsp3) is 0.333.